The molecule has 1 amide bonds. The van der Waals surface area contributed by atoms with Gasteiger partial charge in [0.1, 0.15) is 6.54 Å². The van der Waals surface area contributed by atoms with E-state index in [0.717, 1.165) is 61.2 Å². The first-order valence-corrected chi connectivity index (χ1v) is 11.0. The second-order valence-corrected chi connectivity index (χ2v) is 8.62. The van der Waals surface area contributed by atoms with Crippen molar-refractivity contribution in [3.63, 3.8) is 0 Å². The molecule has 5 heteroatoms. The standard InChI is InChI=1S/C25H30N3O2/c26-15-7-8-16-28-17-13-22(14-18-28)24(20-28)30-25(29)27(23-11-5-2-6-12-23)19-21-9-3-1-4-10-21/h1-6,9-12,22,24H,7-8,13-14,16-20H2/q+1. The van der Waals surface area contributed by atoms with Gasteiger partial charge >= 0.3 is 6.09 Å². The normalized spacial score (nSPS) is 24.8. The fraction of sp³-hybridized carbons (Fsp3) is 0.440. The highest BCUT2D eigenvalue weighted by molar-refractivity contribution is 5.87. The number of hydrogen-bond donors (Lipinski definition) is 0. The maximum Gasteiger partial charge on any atom is 0.415 e. The molecule has 1 unspecified atom stereocenters. The summed E-state index contributed by atoms with van der Waals surface area (Å²) in [7, 11) is 0. The fourth-order valence-corrected chi connectivity index (χ4v) is 4.99. The number of para-hydroxylation sites is 1. The number of anilines is 1. The Morgan fingerprint density at radius 2 is 1.73 bits per heavy atom. The number of nitriles is 1. The number of carbonyl (C=O) groups is 1. The smallest absolute Gasteiger partial charge is 0.415 e. The highest BCUT2D eigenvalue weighted by Crippen LogP contribution is 2.36. The molecule has 30 heavy (non-hydrogen) atoms. The predicted molar refractivity (Wildman–Crippen MR) is 117 cm³/mol. The lowest BCUT2D eigenvalue weighted by atomic mass is 9.83. The number of hydrogen-bond acceptors (Lipinski definition) is 3. The molecular weight excluding hydrogens is 374 g/mol. The Morgan fingerprint density at radius 1 is 1.07 bits per heavy atom. The summed E-state index contributed by atoms with van der Waals surface area (Å²) >= 11 is 0. The molecule has 156 valence electrons. The number of piperidine rings is 3. The molecule has 0 aromatic heterocycles. The number of nitrogens with zero attached hydrogens (tertiary/aromatic N) is 3. The van der Waals surface area contributed by atoms with E-state index < -0.39 is 0 Å². The third kappa shape index (κ3) is 4.66. The summed E-state index contributed by atoms with van der Waals surface area (Å²) in [6.07, 6.45) is 3.44. The van der Waals surface area contributed by atoms with Crippen LogP contribution in [0.4, 0.5) is 10.5 Å². The van der Waals surface area contributed by atoms with Gasteiger partial charge in [-0.1, -0.05) is 48.5 Å². The molecule has 3 heterocycles. The lowest BCUT2D eigenvalue weighted by Crippen LogP contribution is -2.64. The topological polar surface area (TPSA) is 53.3 Å². The monoisotopic (exact) mass is 404 g/mol. The van der Waals surface area contributed by atoms with Crippen molar-refractivity contribution in [1.82, 2.24) is 0 Å². The van der Waals surface area contributed by atoms with E-state index in [1.54, 1.807) is 4.90 Å². The molecule has 2 aromatic carbocycles. The van der Waals surface area contributed by atoms with Gasteiger partial charge in [-0.3, -0.25) is 4.90 Å². The number of rotatable bonds is 7. The Bertz CT molecular complexity index is 870. The van der Waals surface area contributed by atoms with Gasteiger partial charge in [0.05, 0.1) is 32.2 Å². The quantitative estimate of drug-likeness (QED) is 0.495. The second-order valence-electron chi connectivity index (χ2n) is 8.62. The van der Waals surface area contributed by atoms with E-state index in [9.17, 15) is 4.79 Å². The number of benzene rings is 2. The van der Waals surface area contributed by atoms with Crippen LogP contribution in [0.1, 0.15) is 31.2 Å². The SMILES string of the molecule is N#CCCC[N+]12CCC(CC1)C(OC(=O)N(Cc1ccccc1)c1ccccc1)C2. The van der Waals surface area contributed by atoms with Crippen molar-refractivity contribution in [2.75, 3.05) is 31.1 Å². The third-order valence-electron chi connectivity index (χ3n) is 6.69. The first kappa shape index (κ1) is 20.4. The van der Waals surface area contributed by atoms with Crippen molar-refractivity contribution >= 4 is 11.8 Å². The Balaban J connectivity index is 1.48. The van der Waals surface area contributed by atoms with Gasteiger partial charge in [-0.05, 0) is 17.7 Å². The average molecular weight is 405 g/mol. The molecule has 2 bridgehead atoms. The van der Waals surface area contributed by atoms with Crippen molar-refractivity contribution in [2.24, 2.45) is 5.92 Å². The fourth-order valence-electron chi connectivity index (χ4n) is 4.99. The number of ether oxygens (including phenoxy) is 1. The lowest BCUT2D eigenvalue weighted by molar-refractivity contribution is -0.946. The van der Waals surface area contributed by atoms with E-state index in [1.165, 1.54) is 0 Å². The van der Waals surface area contributed by atoms with E-state index in [-0.39, 0.29) is 12.2 Å². The van der Waals surface area contributed by atoms with Crippen molar-refractivity contribution in [1.29, 1.82) is 5.26 Å². The van der Waals surface area contributed by atoms with Gasteiger partial charge in [-0.2, -0.15) is 5.26 Å². The number of amides is 1. The summed E-state index contributed by atoms with van der Waals surface area (Å²) in [6.45, 7) is 4.69. The highest BCUT2D eigenvalue weighted by atomic mass is 16.6. The Labute approximate surface area is 179 Å². The zero-order valence-electron chi connectivity index (χ0n) is 17.5. The second kappa shape index (κ2) is 9.32. The molecule has 0 N–H and O–H groups in total. The van der Waals surface area contributed by atoms with Crippen LogP contribution in [0.5, 0.6) is 0 Å². The van der Waals surface area contributed by atoms with Crippen LogP contribution in [-0.2, 0) is 11.3 Å². The van der Waals surface area contributed by atoms with Gasteiger partial charge in [0.15, 0.2) is 6.10 Å². The summed E-state index contributed by atoms with van der Waals surface area (Å²) in [6, 6.07) is 22.1. The van der Waals surface area contributed by atoms with Crippen LogP contribution < -0.4 is 4.90 Å². The molecule has 1 atom stereocenters. The summed E-state index contributed by atoms with van der Waals surface area (Å²) < 4.78 is 7.15. The maximum absolute atomic E-state index is 13.3. The summed E-state index contributed by atoms with van der Waals surface area (Å²) in [5.41, 5.74) is 1.93. The average Bonchev–Trinajstić information content (AvgIpc) is 2.79. The molecule has 0 radical (unpaired) electrons. The molecule has 3 aliphatic heterocycles. The molecule has 3 saturated heterocycles. The van der Waals surface area contributed by atoms with E-state index in [4.69, 9.17) is 10.00 Å². The van der Waals surface area contributed by atoms with Crippen molar-refractivity contribution in [2.45, 2.75) is 38.3 Å². The summed E-state index contributed by atoms with van der Waals surface area (Å²) in [5, 5.41) is 8.89. The molecule has 3 fully saturated rings. The number of quaternary nitrogens is 1. The van der Waals surface area contributed by atoms with E-state index in [2.05, 4.69) is 6.07 Å². The van der Waals surface area contributed by atoms with Gasteiger partial charge in [-0.15, -0.1) is 0 Å². The Kier molecular flexibility index (Phi) is 6.35. The van der Waals surface area contributed by atoms with E-state index in [1.807, 2.05) is 60.7 Å². The van der Waals surface area contributed by atoms with Crippen LogP contribution in [0.25, 0.3) is 0 Å². The van der Waals surface area contributed by atoms with Crippen LogP contribution >= 0.6 is 0 Å². The minimum Gasteiger partial charge on any atom is -0.440 e. The van der Waals surface area contributed by atoms with Crippen LogP contribution in [0.15, 0.2) is 60.7 Å². The number of unbranched alkanes of at least 4 members (excludes halogenated alkanes) is 1. The van der Waals surface area contributed by atoms with Crippen LogP contribution in [0.3, 0.4) is 0 Å². The first-order chi connectivity index (χ1) is 14.7. The maximum atomic E-state index is 13.3. The molecule has 5 nitrogen and oxygen atoms in total. The van der Waals surface area contributed by atoms with Crippen molar-refractivity contribution < 1.29 is 14.0 Å². The van der Waals surface area contributed by atoms with Crippen molar-refractivity contribution in [3.05, 3.63) is 66.2 Å². The van der Waals surface area contributed by atoms with Crippen LogP contribution in [-0.4, -0.2) is 42.9 Å². The zero-order valence-corrected chi connectivity index (χ0v) is 17.5. The Morgan fingerprint density at radius 3 is 2.40 bits per heavy atom. The van der Waals surface area contributed by atoms with Gasteiger partial charge in [0.2, 0.25) is 0 Å². The van der Waals surface area contributed by atoms with E-state index in [0.29, 0.717) is 18.9 Å². The highest BCUT2D eigenvalue weighted by Gasteiger charge is 2.47. The molecular formula is C25H30N3O2+. The molecule has 0 saturated carbocycles. The van der Waals surface area contributed by atoms with Crippen LogP contribution in [0.2, 0.25) is 0 Å². The largest absolute Gasteiger partial charge is 0.440 e. The van der Waals surface area contributed by atoms with Gasteiger partial charge in [-0.25, -0.2) is 4.79 Å². The Hall–Kier alpha value is -2.84. The molecule has 5 rings (SSSR count). The molecule has 0 aliphatic carbocycles. The zero-order chi connectivity index (χ0) is 20.8. The minimum absolute atomic E-state index is 0.0379. The first-order valence-electron chi connectivity index (χ1n) is 11.0. The molecule has 0 spiro atoms. The minimum atomic E-state index is -0.265. The van der Waals surface area contributed by atoms with Gasteiger partial charge in [0.25, 0.3) is 0 Å². The van der Waals surface area contributed by atoms with E-state index >= 15 is 0 Å². The van der Waals surface area contributed by atoms with Crippen LogP contribution in [0, 0.1) is 17.2 Å². The summed E-state index contributed by atoms with van der Waals surface area (Å²) in [5.74, 6) is 0.458. The molecule has 3 aliphatic rings. The van der Waals surface area contributed by atoms with Gasteiger partial charge < -0.3 is 9.22 Å². The van der Waals surface area contributed by atoms with Crippen molar-refractivity contribution in [3.8, 4) is 6.07 Å². The number of carbonyl (C=O) groups excluding carboxylic acids is 1. The summed E-state index contributed by atoms with van der Waals surface area (Å²) in [4.78, 5) is 15.1. The third-order valence-corrected chi connectivity index (χ3v) is 6.69. The lowest BCUT2D eigenvalue weighted by Gasteiger charge is -2.52. The molecule has 2 aromatic rings. The van der Waals surface area contributed by atoms with Gasteiger partial charge in [0, 0.05) is 37.3 Å². The number of fused-ring (bicyclic) bond motifs is 3. The predicted octanol–water partition coefficient (Wildman–Crippen LogP) is 4.74.